The lowest BCUT2D eigenvalue weighted by atomic mass is 10.2. The van der Waals surface area contributed by atoms with Crippen molar-refractivity contribution in [2.45, 2.75) is 6.54 Å². The van der Waals surface area contributed by atoms with Gasteiger partial charge in [-0.15, -0.1) is 0 Å². The number of rotatable bonds is 3. The molecule has 0 saturated carbocycles. The fourth-order valence-electron chi connectivity index (χ4n) is 1.57. The number of benzene rings is 2. The van der Waals surface area contributed by atoms with Crippen LogP contribution >= 0.6 is 27.5 Å². The minimum Gasteiger partial charge on any atom is -0.381 e. The summed E-state index contributed by atoms with van der Waals surface area (Å²) in [5.74, 6) is -0.294. The summed E-state index contributed by atoms with van der Waals surface area (Å²) in [5, 5.41) is 12.3. The second-order valence-electron chi connectivity index (χ2n) is 3.91. The van der Waals surface area contributed by atoms with Crippen LogP contribution in [0.2, 0.25) is 5.02 Å². The molecule has 19 heavy (non-hydrogen) atoms. The van der Waals surface area contributed by atoms with Crippen LogP contribution < -0.4 is 5.32 Å². The highest BCUT2D eigenvalue weighted by Gasteiger charge is 2.03. The Hall–Kier alpha value is -1.57. The first-order valence-electron chi connectivity index (χ1n) is 5.47. The second kappa shape index (κ2) is 6.05. The van der Waals surface area contributed by atoms with Crippen molar-refractivity contribution in [3.63, 3.8) is 0 Å². The van der Waals surface area contributed by atoms with Gasteiger partial charge in [0.1, 0.15) is 11.9 Å². The Labute approximate surface area is 123 Å². The largest absolute Gasteiger partial charge is 0.381 e. The van der Waals surface area contributed by atoms with Gasteiger partial charge >= 0.3 is 0 Å². The molecule has 0 heterocycles. The summed E-state index contributed by atoms with van der Waals surface area (Å²) in [6.45, 7) is 0.479. The summed E-state index contributed by atoms with van der Waals surface area (Å²) < 4.78 is 13.8. The lowest BCUT2D eigenvalue weighted by Gasteiger charge is -2.08. The summed E-state index contributed by atoms with van der Waals surface area (Å²) in [4.78, 5) is 0. The van der Waals surface area contributed by atoms with Gasteiger partial charge in [-0.25, -0.2) is 4.39 Å². The molecule has 0 atom stereocenters. The zero-order valence-corrected chi connectivity index (χ0v) is 12.1. The number of halogens is 3. The molecule has 2 aromatic carbocycles. The van der Waals surface area contributed by atoms with Crippen LogP contribution in [0.1, 0.15) is 11.1 Å². The SMILES string of the molecule is N#Cc1ccc(NCc2ccc(Br)c(F)c2)cc1Cl. The van der Waals surface area contributed by atoms with Gasteiger partial charge in [-0.1, -0.05) is 17.7 Å². The summed E-state index contributed by atoms with van der Waals surface area (Å²) >= 11 is 9.04. The molecule has 5 heteroatoms. The van der Waals surface area contributed by atoms with Gasteiger partial charge in [-0.05, 0) is 51.8 Å². The highest BCUT2D eigenvalue weighted by molar-refractivity contribution is 9.10. The van der Waals surface area contributed by atoms with Crippen LogP contribution in [0.15, 0.2) is 40.9 Å². The number of nitrogens with one attached hydrogen (secondary N) is 1. The first kappa shape index (κ1) is 13.9. The van der Waals surface area contributed by atoms with Crippen LogP contribution in [0.4, 0.5) is 10.1 Å². The van der Waals surface area contributed by atoms with Gasteiger partial charge in [-0.2, -0.15) is 5.26 Å². The Balaban J connectivity index is 2.08. The highest BCUT2D eigenvalue weighted by atomic mass is 79.9. The van der Waals surface area contributed by atoms with Gasteiger partial charge < -0.3 is 5.32 Å². The van der Waals surface area contributed by atoms with Crippen molar-refractivity contribution in [3.05, 3.63) is 62.8 Å². The van der Waals surface area contributed by atoms with Gasteiger partial charge in [0.05, 0.1) is 15.1 Å². The van der Waals surface area contributed by atoms with Gasteiger partial charge in [-0.3, -0.25) is 0 Å². The molecule has 2 nitrogen and oxygen atoms in total. The first-order valence-corrected chi connectivity index (χ1v) is 6.64. The van der Waals surface area contributed by atoms with E-state index in [2.05, 4.69) is 21.2 Å². The molecule has 2 aromatic rings. The third kappa shape index (κ3) is 3.46. The maximum Gasteiger partial charge on any atom is 0.137 e. The predicted molar refractivity (Wildman–Crippen MR) is 77.6 cm³/mol. The van der Waals surface area contributed by atoms with Crippen LogP contribution in [0.25, 0.3) is 0 Å². The maximum absolute atomic E-state index is 13.3. The Morgan fingerprint density at radius 3 is 2.68 bits per heavy atom. The van der Waals surface area contributed by atoms with Gasteiger partial charge in [0.25, 0.3) is 0 Å². The Kier molecular flexibility index (Phi) is 4.41. The van der Waals surface area contributed by atoms with Crippen LogP contribution in [0, 0.1) is 17.1 Å². The molecular formula is C14H9BrClFN2. The molecule has 2 rings (SSSR count). The minimum atomic E-state index is -0.294. The molecule has 0 spiro atoms. The molecule has 0 unspecified atom stereocenters. The lowest BCUT2D eigenvalue weighted by molar-refractivity contribution is 0.619. The van der Waals surface area contributed by atoms with E-state index < -0.39 is 0 Å². The fraction of sp³-hybridized carbons (Fsp3) is 0.0714. The zero-order valence-electron chi connectivity index (χ0n) is 9.75. The molecule has 0 saturated heterocycles. The van der Waals surface area contributed by atoms with E-state index >= 15 is 0 Å². The molecule has 0 amide bonds. The van der Waals surface area contributed by atoms with E-state index in [4.69, 9.17) is 16.9 Å². The molecule has 0 aromatic heterocycles. The van der Waals surface area contributed by atoms with Gasteiger partial charge in [0, 0.05) is 12.2 Å². The number of anilines is 1. The monoisotopic (exact) mass is 338 g/mol. The number of hydrogen-bond acceptors (Lipinski definition) is 2. The van der Waals surface area contributed by atoms with Crippen molar-refractivity contribution in [3.8, 4) is 6.07 Å². The average molecular weight is 340 g/mol. The van der Waals surface area contributed by atoms with Crippen molar-refractivity contribution in [2.75, 3.05) is 5.32 Å². The van der Waals surface area contributed by atoms with Crippen LogP contribution in [0.3, 0.4) is 0 Å². The Morgan fingerprint density at radius 1 is 1.26 bits per heavy atom. The molecule has 0 aliphatic rings. The first-order chi connectivity index (χ1) is 9.10. The van der Waals surface area contributed by atoms with E-state index in [1.54, 1.807) is 24.3 Å². The standard InChI is InChI=1S/C14H9BrClFN2/c15-12-4-1-9(5-14(12)17)8-19-11-3-2-10(7-18)13(16)6-11/h1-6,19H,8H2. The van der Waals surface area contributed by atoms with E-state index in [0.29, 0.717) is 21.6 Å². The second-order valence-corrected chi connectivity index (χ2v) is 5.17. The van der Waals surface area contributed by atoms with E-state index in [1.165, 1.54) is 6.07 Å². The van der Waals surface area contributed by atoms with E-state index in [-0.39, 0.29) is 5.82 Å². The molecular weight excluding hydrogens is 331 g/mol. The summed E-state index contributed by atoms with van der Waals surface area (Å²) in [6, 6.07) is 12.0. The lowest BCUT2D eigenvalue weighted by Crippen LogP contribution is -2.00. The summed E-state index contributed by atoms with van der Waals surface area (Å²) in [5.41, 5.74) is 2.04. The predicted octanol–water partition coefficient (Wildman–Crippen LogP) is 4.73. The molecule has 0 aliphatic heterocycles. The van der Waals surface area contributed by atoms with Crippen LogP contribution in [-0.2, 0) is 6.54 Å². The fourth-order valence-corrected chi connectivity index (χ4v) is 2.04. The third-order valence-corrected chi connectivity index (χ3v) is 3.53. The van der Waals surface area contributed by atoms with Crippen molar-refractivity contribution in [2.24, 2.45) is 0 Å². The molecule has 1 N–H and O–H groups in total. The third-order valence-electron chi connectivity index (χ3n) is 2.57. The highest BCUT2D eigenvalue weighted by Crippen LogP contribution is 2.21. The smallest absolute Gasteiger partial charge is 0.137 e. The Bertz CT molecular complexity index is 652. The quantitative estimate of drug-likeness (QED) is 0.878. The molecule has 96 valence electrons. The minimum absolute atomic E-state index is 0.294. The van der Waals surface area contributed by atoms with Crippen molar-refractivity contribution in [1.29, 1.82) is 5.26 Å². The maximum atomic E-state index is 13.3. The number of hydrogen-bond donors (Lipinski definition) is 1. The van der Waals surface area contributed by atoms with Gasteiger partial charge in [0.2, 0.25) is 0 Å². The summed E-state index contributed by atoms with van der Waals surface area (Å²) in [7, 11) is 0. The normalized spacial score (nSPS) is 10.0. The number of nitrogens with zero attached hydrogens (tertiary/aromatic N) is 1. The van der Waals surface area contributed by atoms with Crippen LogP contribution in [0.5, 0.6) is 0 Å². The van der Waals surface area contributed by atoms with Crippen molar-refractivity contribution >= 4 is 33.2 Å². The average Bonchev–Trinajstić information content (AvgIpc) is 2.40. The van der Waals surface area contributed by atoms with Crippen molar-refractivity contribution in [1.82, 2.24) is 0 Å². The molecule has 0 bridgehead atoms. The van der Waals surface area contributed by atoms with E-state index in [9.17, 15) is 4.39 Å². The molecule has 0 fully saturated rings. The Morgan fingerprint density at radius 2 is 2.05 bits per heavy atom. The number of nitriles is 1. The van der Waals surface area contributed by atoms with E-state index in [0.717, 1.165) is 11.3 Å². The molecule has 0 radical (unpaired) electrons. The zero-order chi connectivity index (χ0) is 13.8. The van der Waals surface area contributed by atoms with Crippen molar-refractivity contribution < 1.29 is 4.39 Å². The molecule has 0 aliphatic carbocycles. The van der Waals surface area contributed by atoms with E-state index in [1.807, 2.05) is 12.1 Å². The topological polar surface area (TPSA) is 35.8 Å². The van der Waals surface area contributed by atoms with Gasteiger partial charge in [0.15, 0.2) is 0 Å². The van der Waals surface area contributed by atoms with Crippen LogP contribution in [-0.4, -0.2) is 0 Å². The summed E-state index contributed by atoms with van der Waals surface area (Å²) in [6.07, 6.45) is 0.